The van der Waals surface area contributed by atoms with Crippen molar-refractivity contribution in [2.45, 2.75) is 72.2 Å². The van der Waals surface area contributed by atoms with Gasteiger partial charge in [-0.05, 0) is 46.2 Å². The van der Waals surface area contributed by atoms with Crippen molar-refractivity contribution in [1.82, 2.24) is 19.8 Å². The lowest BCUT2D eigenvalue weighted by atomic mass is 10.1. The van der Waals surface area contributed by atoms with Gasteiger partial charge >= 0.3 is 17.7 Å². The van der Waals surface area contributed by atoms with E-state index in [1.54, 1.807) is 25.3 Å². The van der Waals surface area contributed by atoms with Crippen molar-refractivity contribution in [2.24, 2.45) is 0 Å². The minimum Gasteiger partial charge on any atom is -0.452 e. The highest BCUT2D eigenvalue weighted by molar-refractivity contribution is 5.97. The summed E-state index contributed by atoms with van der Waals surface area (Å²) in [6, 6.07) is 6.74. The van der Waals surface area contributed by atoms with Crippen LogP contribution < -0.4 is 16.3 Å². The number of aryl methyl sites for hydroxylation is 2. The third kappa shape index (κ3) is 5.95. The van der Waals surface area contributed by atoms with Crippen LogP contribution in [0.2, 0.25) is 0 Å². The van der Waals surface area contributed by atoms with Crippen molar-refractivity contribution < 1.29 is 19.1 Å². The zero-order valence-electron chi connectivity index (χ0n) is 18.2. The van der Waals surface area contributed by atoms with Crippen molar-refractivity contribution in [3.8, 4) is 0 Å². The van der Waals surface area contributed by atoms with Gasteiger partial charge < -0.3 is 10.1 Å². The highest BCUT2D eigenvalue weighted by Gasteiger charge is 2.22. The molecule has 3 amide bonds. The Labute approximate surface area is 175 Å². The Hall–Kier alpha value is -3.10. The van der Waals surface area contributed by atoms with Gasteiger partial charge in [0.15, 0.2) is 6.10 Å². The molecular weight excluding hydrogens is 388 g/mol. The molecule has 1 aromatic heterocycles. The fourth-order valence-electron chi connectivity index (χ4n) is 3.03. The average molecular weight is 418 g/mol. The molecule has 0 unspecified atom stereocenters. The van der Waals surface area contributed by atoms with Gasteiger partial charge in [0.1, 0.15) is 0 Å². The van der Waals surface area contributed by atoms with Crippen LogP contribution in [0, 0.1) is 0 Å². The van der Waals surface area contributed by atoms with E-state index in [-0.39, 0.29) is 18.7 Å². The normalized spacial score (nSPS) is 12.4. The topological polar surface area (TPSA) is 111 Å². The first kappa shape index (κ1) is 23.2. The van der Waals surface area contributed by atoms with Gasteiger partial charge in [-0.2, -0.15) is 0 Å². The second-order valence-electron chi connectivity index (χ2n) is 8.15. The zero-order valence-corrected chi connectivity index (χ0v) is 18.2. The standard InChI is InChI=1S/C21H30N4O5/c1-6-12-24-15-9-7-8-10-16(15)25(20(24)29)13-11-17(26)30-14(2)18(27)22-19(28)23-21(3,4)5/h7-10,14H,6,11-13H2,1-5H3,(H2,22,23,27,28)/t14-/m1/s1. The summed E-state index contributed by atoms with van der Waals surface area (Å²) >= 11 is 0. The molecule has 0 aliphatic rings. The molecule has 0 aliphatic heterocycles. The van der Waals surface area contributed by atoms with Gasteiger partial charge in [0.2, 0.25) is 0 Å². The van der Waals surface area contributed by atoms with E-state index in [4.69, 9.17) is 4.74 Å². The molecular formula is C21H30N4O5. The Morgan fingerprint density at radius 1 is 1.07 bits per heavy atom. The molecule has 1 heterocycles. The Morgan fingerprint density at radius 2 is 1.63 bits per heavy atom. The van der Waals surface area contributed by atoms with E-state index in [9.17, 15) is 19.2 Å². The van der Waals surface area contributed by atoms with E-state index in [0.29, 0.717) is 6.54 Å². The highest BCUT2D eigenvalue weighted by atomic mass is 16.5. The fourth-order valence-corrected chi connectivity index (χ4v) is 3.03. The number of urea groups is 1. The third-order valence-electron chi connectivity index (χ3n) is 4.31. The summed E-state index contributed by atoms with van der Waals surface area (Å²) in [7, 11) is 0. The van der Waals surface area contributed by atoms with Crippen LogP contribution in [0.25, 0.3) is 11.0 Å². The van der Waals surface area contributed by atoms with Gasteiger partial charge in [0, 0.05) is 18.6 Å². The molecule has 0 saturated heterocycles. The van der Waals surface area contributed by atoms with Crippen LogP contribution >= 0.6 is 0 Å². The van der Waals surface area contributed by atoms with Gasteiger partial charge in [-0.15, -0.1) is 0 Å². The SMILES string of the molecule is CCCn1c(=O)n(CCC(=O)O[C@H](C)C(=O)NC(=O)NC(C)(C)C)c2ccccc21. The second kappa shape index (κ2) is 9.60. The number of hydrogen-bond donors (Lipinski definition) is 2. The van der Waals surface area contributed by atoms with Gasteiger partial charge in [-0.3, -0.25) is 24.0 Å². The molecule has 0 aliphatic carbocycles. The van der Waals surface area contributed by atoms with Crippen molar-refractivity contribution in [1.29, 1.82) is 0 Å². The van der Waals surface area contributed by atoms with Crippen LogP contribution in [-0.4, -0.2) is 38.7 Å². The van der Waals surface area contributed by atoms with Gasteiger partial charge in [0.05, 0.1) is 17.5 Å². The van der Waals surface area contributed by atoms with Crippen molar-refractivity contribution >= 4 is 28.9 Å². The Kier molecular flexibility index (Phi) is 7.42. The fraction of sp³-hybridized carbons (Fsp3) is 0.524. The Balaban J connectivity index is 1.98. The minimum atomic E-state index is -1.14. The lowest BCUT2D eigenvalue weighted by Gasteiger charge is -2.21. The number of rotatable bonds is 7. The number of nitrogens with one attached hydrogen (secondary N) is 2. The van der Waals surface area contributed by atoms with Gasteiger partial charge in [-0.25, -0.2) is 9.59 Å². The van der Waals surface area contributed by atoms with Gasteiger partial charge in [-0.1, -0.05) is 19.1 Å². The predicted molar refractivity (Wildman–Crippen MR) is 113 cm³/mol. The largest absolute Gasteiger partial charge is 0.452 e. The summed E-state index contributed by atoms with van der Waals surface area (Å²) in [5.74, 6) is -1.35. The number of amides is 3. The summed E-state index contributed by atoms with van der Waals surface area (Å²) in [5, 5.41) is 4.73. The molecule has 9 heteroatoms. The minimum absolute atomic E-state index is 0.0775. The first-order valence-electron chi connectivity index (χ1n) is 10.0. The molecule has 1 atom stereocenters. The summed E-state index contributed by atoms with van der Waals surface area (Å²) in [6.07, 6.45) is -0.404. The van der Waals surface area contributed by atoms with Crippen LogP contribution in [0.1, 0.15) is 47.5 Å². The molecule has 1 aromatic carbocycles. The van der Waals surface area contributed by atoms with Gasteiger partial charge in [0.25, 0.3) is 5.91 Å². The number of benzene rings is 1. The van der Waals surface area contributed by atoms with Crippen molar-refractivity contribution in [2.75, 3.05) is 0 Å². The smallest absolute Gasteiger partial charge is 0.329 e. The Morgan fingerprint density at radius 3 is 2.17 bits per heavy atom. The summed E-state index contributed by atoms with van der Waals surface area (Å²) < 4.78 is 8.34. The number of aromatic nitrogens is 2. The summed E-state index contributed by atoms with van der Waals surface area (Å²) in [6.45, 7) is 9.43. The monoisotopic (exact) mass is 418 g/mol. The zero-order chi connectivity index (χ0) is 22.5. The van der Waals surface area contributed by atoms with E-state index in [1.165, 1.54) is 11.5 Å². The molecule has 0 saturated carbocycles. The van der Waals surface area contributed by atoms with E-state index in [0.717, 1.165) is 17.5 Å². The van der Waals surface area contributed by atoms with Crippen molar-refractivity contribution in [3.63, 3.8) is 0 Å². The summed E-state index contributed by atoms with van der Waals surface area (Å²) in [4.78, 5) is 48.7. The van der Waals surface area contributed by atoms with E-state index in [1.807, 2.05) is 31.2 Å². The number of hydrogen-bond acceptors (Lipinski definition) is 5. The molecule has 2 rings (SSSR count). The Bertz CT molecular complexity index is 983. The summed E-state index contributed by atoms with van der Waals surface area (Å²) in [5.41, 5.74) is 0.869. The van der Waals surface area contributed by atoms with Crippen LogP contribution in [0.5, 0.6) is 0 Å². The number of imide groups is 1. The van der Waals surface area contributed by atoms with E-state index < -0.39 is 29.6 Å². The number of nitrogens with zero attached hydrogens (tertiary/aromatic N) is 2. The molecule has 0 radical (unpaired) electrons. The predicted octanol–water partition coefficient (Wildman–Crippen LogP) is 2.16. The van der Waals surface area contributed by atoms with E-state index >= 15 is 0 Å². The van der Waals surface area contributed by atoms with Crippen molar-refractivity contribution in [3.05, 3.63) is 34.7 Å². The number of para-hydroxylation sites is 2. The maximum atomic E-state index is 12.7. The first-order chi connectivity index (χ1) is 14.0. The number of esters is 1. The molecule has 9 nitrogen and oxygen atoms in total. The van der Waals surface area contributed by atoms with Crippen LogP contribution in [-0.2, 0) is 27.4 Å². The number of carbonyl (C=O) groups is 3. The number of carbonyl (C=O) groups excluding carboxylic acids is 3. The van der Waals surface area contributed by atoms with Crippen LogP contribution in [0.4, 0.5) is 4.79 Å². The number of ether oxygens (including phenoxy) is 1. The molecule has 0 fully saturated rings. The maximum absolute atomic E-state index is 12.7. The number of fused-ring (bicyclic) bond motifs is 1. The van der Waals surface area contributed by atoms with E-state index in [2.05, 4.69) is 10.6 Å². The quantitative estimate of drug-likeness (QED) is 0.670. The molecule has 2 N–H and O–H groups in total. The third-order valence-corrected chi connectivity index (χ3v) is 4.31. The molecule has 0 spiro atoms. The average Bonchev–Trinajstić information content (AvgIpc) is 2.90. The highest BCUT2D eigenvalue weighted by Crippen LogP contribution is 2.14. The molecule has 2 aromatic rings. The number of imidazole rings is 1. The van der Waals surface area contributed by atoms with Crippen LogP contribution in [0.15, 0.2) is 29.1 Å². The maximum Gasteiger partial charge on any atom is 0.329 e. The lowest BCUT2D eigenvalue weighted by molar-refractivity contribution is -0.154. The molecule has 0 bridgehead atoms. The second-order valence-corrected chi connectivity index (χ2v) is 8.15. The van der Waals surface area contributed by atoms with Crippen LogP contribution in [0.3, 0.4) is 0 Å². The molecule has 164 valence electrons. The first-order valence-corrected chi connectivity index (χ1v) is 10.0. The lowest BCUT2D eigenvalue weighted by Crippen LogP contribution is -2.50. The molecule has 30 heavy (non-hydrogen) atoms.